The van der Waals surface area contributed by atoms with E-state index in [-0.39, 0.29) is 0 Å². The maximum absolute atomic E-state index is 10.1. The molecule has 0 aliphatic rings. The third-order valence-electron chi connectivity index (χ3n) is 2.07. The molecule has 2 atom stereocenters. The van der Waals surface area contributed by atoms with Crippen molar-refractivity contribution in [3.63, 3.8) is 0 Å². The van der Waals surface area contributed by atoms with Crippen molar-refractivity contribution >= 4 is 11.9 Å². The largest absolute Gasteiger partial charge is 0.480 e. The van der Waals surface area contributed by atoms with Gasteiger partial charge in [-0.25, -0.2) is 0 Å². The van der Waals surface area contributed by atoms with Crippen LogP contribution in [0, 0.1) is 5.92 Å². The molecule has 0 saturated carbocycles. The Labute approximate surface area is 107 Å². The van der Waals surface area contributed by atoms with Crippen molar-refractivity contribution in [2.75, 3.05) is 0 Å². The number of carboxylic acid groups (broad SMARTS) is 2. The molecule has 0 aliphatic carbocycles. The van der Waals surface area contributed by atoms with E-state index >= 15 is 0 Å². The summed E-state index contributed by atoms with van der Waals surface area (Å²) >= 11 is 0. The second kappa shape index (κ2) is 8.02. The molecule has 0 fully saturated rings. The fraction of sp³-hybridized carbons (Fsp3) is 0.818. The van der Waals surface area contributed by atoms with E-state index in [0.717, 1.165) is 0 Å². The third-order valence-corrected chi connectivity index (χ3v) is 2.07. The summed E-state index contributed by atoms with van der Waals surface area (Å²) in [5.41, 5.74) is 8.92. The highest BCUT2D eigenvalue weighted by molar-refractivity contribution is 5.74. The molecule has 18 heavy (non-hydrogen) atoms. The molecule has 7 heteroatoms. The Morgan fingerprint density at radius 2 is 1.50 bits per heavy atom. The molecule has 0 rings (SSSR count). The van der Waals surface area contributed by atoms with Crippen molar-refractivity contribution in [3.05, 3.63) is 0 Å². The van der Waals surface area contributed by atoms with Crippen LogP contribution in [0.2, 0.25) is 0 Å². The first kappa shape index (κ1) is 19.2. The van der Waals surface area contributed by atoms with E-state index in [1.165, 1.54) is 13.8 Å². The maximum Gasteiger partial charge on any atom is 0.323 e. The van der Waals surface area contributed by atoms with E-state index in [4.69, 9.17) is 26.8 Å². The molecule has 0 aromatic rings. The average molecular weight is 264 g/mol. The molecule has 0 radical (unpaired) electrons. The Hall–Kier alpha value is -1.18. The van der Waals surface area contributed by atoms with Crippen LogP contribution in [0.5, 0.6) is 0 Å². The van der Waals surface area contributed by atoms with Crippen molar-refractivity contribution in [2.45, 2.75) is 51.8 Å². The molecule has 0 bridgehead atoms. The van der Waals surface area contributed by atoms with Gasteiger partial charge >= 0.3 is 11.9 Å². The Morgan fingerprint density at radius 3 is 1.56 bits per heavy atom. The average Bonchev–Trinajstić information content (AvgIpc) is 2.14. The van der Waals surface area contributed by atoms with Gasteiger partial charge in [-0.3, -0.25) is 9.59 Å². The highest BCUT2D eigenvalue weighted by atomic mass is 16.4. The number of carboxylic acids is 2. The van der Waals surface area contributed by atoms with Crippen LogP contribution in [0.25, 0.3) is 0 Å². The van der Waals surface area contributed by atoms with Gasteiger partial charge in [0.25, 0.3) is 0 Å². The highest BCUT2D eigenvalue weighted by Crippen LogP contribution is 2.04. The molecule has 1 unspecified atom stereocenters. The molecule has 0 aromatic heterocycles. The summed E-state index contributed by atoms with van der Waals surface area (Å²) in [5.74, 6) is -1.75. The predicted octanol–water partition coefficient (Wildman–Crippen LogP) is -0.386. The number of carbonyl (C=O) groups is 2. The maximum atomic E-state index is 10.1. The van der Waals surface area contributed by atoms with Gasteiger partial charge in [-0.15, -0.1) is 0 Å². The molecule has 7 nitrogen and oxygen atoms in total. The minimum Gasteiger partial charge on any atom is -0.480 e. The second-order valence-corrected chi connectivity index (χ2v) is 5.04. The van der Waals surface area contributed by atoms with Gasteiger partial charge in [-0.05, 0) is 26.2 Å². The lowest BCUT2D eigenvalue weighted by Crippen LogP contribution is -2.48. The number of nitrogens with two attached hydrogens (primary N) is 2. The van der Waals surface area contributed by atoms with Crippen LogP contribution in [-0.2, 0) is 9.59 Å². The number of aliphatic carboxylic acids is 2. The third kappa shape index (κ3) is 10.0. The van der Waals surface area contributed by atoms with Crippen LogP contribution in [0.4, 0.5) is 0 Å². The lowest BCUT2D eigenvalue weighted by Gasteiger charge is -2.20. The smallest absolute Gasteiger partial charge is 0.323 e. The summed E-state index contributed by atoms with van der Waals surface area (Å²) in [5, 5.41) is 25.5. The molecule has 0 amide bonds. The summed E-state index contributed by atoms with van der Waals surface area (Å²) < 4.78 is 0. The minimum absolute atomic E-state index is 0.357. The van der Waals surface area contributed by atoms with Gasteiger partial charge in [0.1, 0.15) is 12.1 Å². The van der Waals surface area contributed by atoms with Crippen molar-refractivity contribution < 1.29 is 24.9 Å². The lowest BCUT2D eigenvalue weighted by molar-refractivity contribution is -0.144. The van der Waals surface area contributed by atoms with E-state index in [1.807, 2.05) is 13.8 Å². The van der Waals surface area contributed by atoms with Crippen molar-refractivity contribution in [1.29, 1.82) is 0 Å². The van der Waals surface area contributed by atoms with E-state index in [2.05, 4.69) is 0 Å². The van der Waals surface area contributed by atoms with Crippen LogP contribution in [0.1, 0.15) is 34.1 Å². The standard InChI is InChI=1S/C6H13NO2.C5H11NO3/c1-4(2)3-5(7)6(8)9;1-5(2,9)3(6)4(7)8/h4-5H,3,7H2,1-2H3,(H,8,9);3,9H,6H2,1-2H3,(H,7,8)/t5-;/m0./s1. The zero-order chi connectivity index (χ0) is 15.1. The molecule has 0 spiro atoms. The first-order chi connectivity index (χ1) is 7.89. The van der Waals surface area contributed by atoms with Crippen LogP contribution in [0.15, 0.2) is 0 Å². The Balaban J connectivity index is 0. The van der Waals surface area contributed by atoms with Crippen molar-refractivity contribution in [2.24, 2.45) is 17.4 Å². The normalized spacial score (nSPS) is 14.4. The molecular weight excluding hydrogens is 240 g/mol. The molecule has 108 valence electrons. The van der Waals surface area contributed by atoms with E-state index < -0.39 is 29.6 Å². The van der Waals surface area contributed by atoms with Crippen LogP contribution in [-0.4, -0.2) is 44.9 Å². The summed E-state index contributed by atoms with van der Waals surface area (Å²) in [6, 6.07) is -1.90. The van der Waals surface area contributed by atoms with Crippen molar-refractivity contribution in [1.82, 2.24) is 0 Å². The van der Waals surface area contributed by atoms with E-state index in [1.54, 1.807) is 0 Å². The molecule has 0 saturated heterocycles. The Morgan fingerprint density at radius 1 is 1.11 bits per heavy atom. The van der Waals surface area contributed by atoms with Crippen molar-refractivity contribution in [3.8, 4) is 0 Å². The Kier molecular flexibility index (Phi) is 8.54. The zero-order valence-electron chi connectivity index (χ0n) is 11.3. The monoisotopic (exact) mass is 264 g/mol. The minimum atomic E-state index is -1.34. The van der Waals surface area contributed by atoms with Gasteiger partial charge in [0.15, 0.2) is 0 Å². The lowest BCUT2D eigenvalue weighted by atomic mass is 10.0. The molecule has 0 heterocycles. The first-order valence-corrected chi connectivity index (χ1v) is 5.58. The van der Waals surface area contributed by atoms with Crippen LogP contribution < -0.4 is 11.5 Å². The van der Waals surface area contributed by atoms with Gasteiger partial charge in [0.2, 0.25) is 0 Å². The summed E-state index contributed by atoms with van der Waals surface area (Å²) in [7, 11) is 0. The predicted molar refractivity (Wildman–Crippen MR) is 67.0 cm³/mol. The zero-order valence-corrected chi connectivity index (χ0v) is 11.3. The number of hydrogen-bond acceptors (Lipinski definition) is 5. The topological polar surface area (TPSA) is 147 Å². The Bertz CT molecular complexity index is 273. The SMILES string of the molecule is CC(C)(O)C(N)C(=O)O.CC(C)C[C@H](N)C(=O)O. The van der Waals surface area contributed by atoms with Crippen LogP contribution in [0.3, 0.4) is 0 Å². The molecular formula is C11H24N2O5. The summed E-state index contributed by atoms with van der Waals surface area (Å²) in [6.45, 7) is 6.60. The highest BCUT2D eigenvalue weighted by Gasteiger charge is 2.28. The fourth-order valence-electron chi connectivity index (χ4n) is 0.911. The van der Waals surface area contributed by atoms with Gasteiger partial charge in [0.05, 0.1) is 5.60 Å². The van der Waals surface area contributed by atoms with Gasteiger partial charge < -0.3 is 26.8 Å². The molecule has 0 aliphatic heterocycles. The second-order valence-electron chi connectivity index (χ2n) is 5.04. The quantitative estimate of drug-likeness (QED) is 0.454. The fourth-order valence-corrected chi connectivity index (χ4v) is 0.911. The van der Waals surface area contributed by atoms with E-state index in [0.29, 0.717) is 12.3 Å². The molecule has 7 N–H and O–H groups in total. The van der Waals surface area contributed by atoms with Gasteiger partial charge in [-0.1, -0.05) is 13.8 Å². The molecule has 0 aromatic carbocycles. The van der Waals surface area contributed by atoms with Gasteiger partial charge in [0, 0.05) is 0 Å². The number of rotatable bonds is 5. The van der Waals surface area contributed by atoms with E-state index in [9.17, 15) is 9.59 Å². The summed E-state index contributed by atoms with van der Waals surface area (Å²) in [4.78, 5) is 20.2. The van der Waals surface area contributed by atoms with Gasteiger partial charge in [-0.2, -0.15) is 0 Å². The number of aliphatic hydroxyl groups is 1. The summed E-state index contributed by atoms with van der Waals surface area (Å²) in [6.07, 6.45) is 0.551. The van der Waals surface area contributed by atoms with Crippen LogP contribution >= 0.6 is 0 Å². The number of hydrogen-bond donors (Lipinski definition) is 5. The first-order valence-electron chi connectivity index (χ1n) is 5.58.